The van der Waals surface area contributed by atoms with Crippen LogP contribution in [0.4, 0.5) is 0 Å². The molecule has 0 atom stereocenters. The molecule has 0 aliphatic carbocycles. The Bertz CT molecular complexity index is 598. The number of benzene rings is 2. The van der Waals surface area contributed by atoms with Crippen molar-refractivity contribution in [2.45, 2.75) is 5.92 Å². The molecule has 0 unspecified atom stereocenters. The Hall–Kier alpha value is -2.17. The van der Waals surface area contributed by atoms with Gasteiger partial charge in [-0.25, -0.2) is 0 Å². The summed E-state index contributed by atoms with van der Waals surface area (Å²) in [6.45, 7) is 3.93. The summed E-state index contributed by atoms with van der Waals surface area (Å²) < 4.78 is 0. The molecule has 0 spiro atoms. The van der Waals surface area contributed by atoms with E-state index in [2.05, 4.69) is 4.90 Å². The second kappa shape index (κ2) is 8.08. The lowest BCUT2D eigenvalue weighted by molar-refractivity contribution is -0.133. The SMILES string of the molecule is O=C(C(c1ccccc1)c1ccccc1)N1CCN(CCO)CC1. The van der Waals surface area contributed by atoms with Gasteiger partial charge in [-0.1, -0.05) is 60.7 Å². The molecule has 1 amide bonds. The van der Waals surface area contributed by atoms with Crippen LogP contribution in [0.25, 0.3) is 0 Å². The standard InChI is InChI=1S/C20H24N2O2/c23-16-15-21-11-13-22(14-12-21)20(24)19(17-7-3-1-4-8-17)18-9-5-2-6-10-18/h1-10,19,23H,11-16H2. The Kier molecular flexibility index (Phi) is 5.62. The van der Waals surface area contributed by atoms with Crippen molar-refractivity contribution in [2.24, 2.45) is 0 Å². The number of amides is 1. The molecule has 0 aromatic heterocycles. The third-order valence-corrected chi connectivity index (χ3v) is 4.61. The molecule has 1 saturated heterocycles. The highest BCUT2D eigenvalue weighted by molar-refractivity contribution is 5.87. The smallest absolute Gasteiger partial charge is 0.234 e. The van der Waals surface area contributed by atoms with Crippen LogP contribution < -0.4 is 0 Å². The molecule has 2 aromatic carbocycles. The van der Waals surface area contributed by atoms with Crippen LogP contribution in [-0.2, 0) is 4.79 Å². The molecule has 2 aromatic rings. The molecular weight excluding hydrogens is 300 g/mol. The van der Waals surface area contributed by atoms with Crippen molar-refractivity contribution < 1.29 is 9.90 Å². The van der Waals surface area contributed by atoms with Crippen LogP contribution in [0.5, 0.6) is 0 Å². The largest absolute Gasteiger partial charge is 0.395 e. The second-order valence-corrected chi connectivity index (χ2v) is 6.14. The van der Waals surface area contributed by atoms with Gasteiger partial charge in [0.25, 0.3) is 0 Å². The summed E-state index contributed by atoms with van der Waals surface area (Å²) in [5.74, 6) is -0.0900. The average molecular weight is 324 g/mol. The summed E-state index contributed by atoms with van der Waals surface area (Å²) in [4.78, 5) is 17.4. The molecule has 1 N–H and O–H groups in total. The van der Waals surface area contributed by atoms with Crippen LogP contribution in [0.15, 0.2) is 60.7 Å². The zero-order chi connectivity index (χ0) is 16.8. The molecule has 24 heavy (non-hydrogen) atoms. The first-order valence-corrected chi connectivity index (χ1v) is 8.51. The van der Waals surface area contributed by atoms with E-state index in [4.69, 9.17) is 5.11 Å². The fourth-order valence-electron chi connectivity index (χ4n) is 3.28. The zero-order valence-corrected chi connectivity index (χ0v) is 13.8. The van der Waals surface area contributed by atoms with E-state index in [1.165, 1.54) is 0 Å². The Morgan fingerprint density at radius 2 is 1.38 bits per heavy atom. The maximum absolute atomic E-state index is 13.2. The first-order chi connectivity index (χ1) is 11.8. The molecule has 1 heterocycles. The monoisotopic (exact) mass is 324 g/mol. The molecule has 1 fully saturated rings. The van der Waals surface area contributed by atoms with E-state index in [9.17, 15) is 4.79 Å². The van der Waals surface area contributed by atoms with E-state index in [1.807, 2.05) is 65.6 Å². The molecule has 1 aliphatic heterocycles. The van der Waals surface area contributed by atoms with E-state index in [1.54, 1.807) is 0 Å². The quantitative estimate of drug-likeness (QED) is 0.914. The second-order valence-electron chi connectivity index (χ2n) is 6.14. The maximum atomic E-state index is 13.2. The Morgan fingerprint density at radius 3 is 1.83 bits per heavy atom. The van der Waals surface area contributed by atoms with Gasteiger partial charge >= 0.3 is 0 Å². The first kappa shape index (κ1) is 16.7. The lowest BCUT2D eigenvalue weighted by Gasteiger charge is -2.36. The van der Waals surface area contributed by atoms with Gasteiger partial charge in [0, 0.05) is 32.7 Å². The molecule has 4 heteroatoms. The number of β-amino-alcohol motifs (C(OH)–C–C–N with tert-alkyl or cyclic N) is 1. The number of rotatable bonds is 5. The number of carbonyl (C=O) groups is 1. The predicted molar refractivity (Wildman–Crippen MR) is 94.8 cm³/mol. The van der Waals surface area contributed by atoms with Crippen molar-refractivity contribution in [1.82, 2.24) is 9.80 Å². The lowest BCUT2D eigenvalue weighted by atomic mass is 9.90. The highest BCUT2D eigenvalue weighted by Gasteiger charge is 2.29. The Morgan fingerprint density at radius 1 is 0.875 bits per heavy atom. The van der Waals surface area contributed by atoms with Gasteiger partial charge in [0.2, 0.25) is 5.91 Å². The molecule has 3 rings (SSSR count). The summed E-state index contributed by atoms with van der Waals surface area (Å²) in [5.41, 5.74) is 2.07. The Labute approximate surface area is 143 Å². The minimum Gasteiger partial charge on any atom is -0.395 e. The number of aliphatic hydroxyl groups excluding tert-OH is 1. The van der Waals surface area contributed by atoms with Gasteiger partial charge in [0.05, 0.1) is 12.5 Å². The van der Waals surface area contributed by atoms with E-state index < -0.39 is 0 Å². The summed E-state index contributed by atoms with van der Waals surface area (Å²) in [7, 11) is 0. The fraction of sp³-hybridized carbons (Fsp3) is 0.350. The number of hydrogen-bond acceptors (Lipinski definition) is 3. The van der Waals surface area contributed by atoms with E-state index in [-0.39, 0.29) is 18.4 Å². The number of piperazine rings is 1. The number of aliphatic hydroxyl groups is 1. The van der Waals surface area contributed by atoms with Crippen molar-refractivity contribution in [3.05, 3.63) is 71.8 Å². The molecule has 0 saturated carbocycles. The van der Waals surface area contributed by atoms with Crippen LogP contribution in [0.3, 0.4) is 0 Å². The van der Waals surface area contributed by atoms with Crippen LogP contribution in [0.1, 0.15) is 17.0 Å². The molecule has 126 valence electrons. The predicted octanol–water partition coefficient (Wildman–Crippen LogP) is 1.95. The minimum absolute atomic E-state index is 0.163. The van der Waals surface area contributed by atoms with Crippen LogP contribution in [0.2, 0.25) is 0 Å². The molecule has 1 aliphatic rings. The van der Waals surface area contributed by atoms with Gasteiger partial charge in [-0.3, -0.25) is 9.69 Å². The lowest BCUT2D eigenvalue weighted by Crippen LogP contribution is -2.50. The van der Waals surface area contributed by atoms with Crippen molar-refractivity contribution in [1.29, 1.82) is 0 Å². The number of nitrogens with zero attached hydrogens (tertiary/aromatic N) is 2. The normalized spacial score (nSPS) is 15.7. The van der Waals surface area contributed by atoms with Gasteiger partial charge < -0.3 is 10.0 Å². The number of carbonyl (C=O) groups excluding carboxylic acids is 1. The van der Waals surface area contributed by atoms with Crippen molar-refractivity contribution in [3.63, 3.8) is 0 Å². The fourth-order valence-corrected chi connectivity index (χ4v) is 3.28. The number of hydrogen-bond donors (Lipinski definition) is 1. The van der Waals surface area contributed by atoms with Crippen LogP contribution in [0, 0.1) is 0 Å². The minimum atomic E-state index is -0.253. The summed E-state index contributed by atoms with van der Waals surface area (Å²) in [6, 6.07) is 20.0. The van der Waals surface area contributed by atoms with Gasteiger partial charge in [0.1, 0.15) is 0 Å². The van der Waals surface area contributed by atoms with Gasteiger partial charge in [-0.05, 0) is 11.1 Å². The van der Waals surface area contributed by atoms with E-state index >= 15 is 0 Å². The highest BCUT2D eigenvalue weighted by atomic mass is 16.3. The average Bonchev–Trinajstić information content (AvgIpc) is 2.64. The highest BCUT2D eigenvalue weighted by Crippen LogP contribution is 2.27. The van der Waals surface area contributed by atoms with E-state index in [0.29, 0.717) is 6.54 Å². The van der Waals surface area contributed by atoms with Crippen LogP contribution in [-0.4, -0.2) is 60.1 Å². The maximum Gasteiger partial charge on any atom is 0.234 e. The van der Waals surface area contributed by atoms with E-state index in [0.717, 1.165) is 37.3 Å². The van der Waals surface area contributed by atoms with Crippen molar-refractivity contribution in [3.8, 4) is 0 Å². The topological polar surface area (TPSA) is 43.8 Å². The van der Waals surface area contributed by atoms with Gasteiger partial charge in [-0.2, -0.15) is 0 Å². The van der Waals surface area contributed by atoms with Crippen molar-refractivity contribution in [2.75, 3.05) is 39.3 Å². The zero-order valence-electron chi connectivity index (χ0n) is 13.8. The molecule has 0 radical (unpaired) electrons. The third-order valence-electron chi connectivity index (χ3n) is 4.61. The summed E-state index contributed by atoms with van der Waals surface area (Å²) in [6.07, 6.45) is 0. The van der Waals surface area contributed by atoms with Crippen molar-refractivity contribution >= 4 is 5.91 Å². The third kappa shape index (κ3) is 3.83. The van der Waals surface area contributed by atoms with Gasteiger partial charge in [-0.15, -0.1) is 0 Å². The molecule has 4 nitrogen and oxygen atoms in total. The first-order valence-electron chi connectivity index (χ1n) is 8.51. The summed E-state index contributed by atoms with van der Waals surface area (Å²) >= 11 is 0. The Balaban J connectivity index is 1.80. The van der Waals surface area contributed by atoms with Crippen LogP contribution >= 0.6 is 0 Å². The van der Waals surface area contributed by atoms with Gasteiger partial charge in [0.15, 0.2) is 0 Å². The molecular formula is C20H24N2O2. The summed E-state index contributed by atoms with van der Waals surface area (Å²) in [5, 5.41) is 9.06. The molecule has 0 bridgehead atoms.